The van der Waals surface area contributed by atoms with Crippen LogP contribution >= 0.6 is 0 Å². The monoisotopic (exact) mass is 288 g/mol. The molecular formula is C19H28O2. The molecular weight excluding hydrogens is 260 g/mol. The van der Waals surface area contributed by atoms with Crippen molar-refractivity contribution in [2.75, 3.05) is 6.61 Å². The Morgan fingerprint density at radius 1 is 1.19 bits per heavy atom. The van der Waals surface area contributed by atoms with Gasteiger partial charge >= 0.3 is 0 Å². The van der Waals surface area contributed by atoms with Crippen LogP contribution in [0.3, 0.4) is 0 Å². The molecule has 0 aliphatic heterocycles. The van der Waals surface area contributed by atoms with Gasteiger partial charge in [-0.1, -0.05) is 40.7 Å². The van der Waals surface area contributed by atoms with E-state index in [4.69, 9.17) is 4.74 Å². The molecule has 0 radical (unpaired) electrons. The number of hydrogen-bond acceptors (Lipinski definition) is 2. The van der Waals surface area contributed by atoms with E-state index in [1.165, 1.54) is 17.5 Å². The first-order valence-electron chi connectivity index (χ1n) is 8.01. The van der Waals surface area contributed by atoms with Crippen LogP contribution in [0.2, 0.25) is 0 Å². The summed E-state index contributed by atoms with van der Waals surface area (Å²) in [5.74, 6) is 0.833. The Labute approximate surface area is 128 Å². The van der Waals surface area contributed by atoms with Gasteiger partial charge in [-0.3, -0.25) is 4.79 Å². The molecule has 0 aromatic heterocycles. The fourth-order valence-electron chi connectivity index (χ4n) is 3.39. The van der Waals surface area contributed by atoms with E-state index in [0.29, 0.717) is 6.61 Å². The number of ether oxygens (including phenoxy) is 1. The van der Waals surface area contributed by atoms with Crippen molar-refractivity contribution in [1.29, 1.82) is 0 Å². The van der Waals surface area contributed by atoms with E-state index in [1.54, 1.807) is 0 Å². The molecule has 2 rings (SSSR count). The summed E-state index contributed by atoms with van der Waals surface area (Å²) in [6, 6.07) is 2.21. The highest BCUT2D eigenvalue weighted by atomic mass is 16.5. The Kier molecular flexibility index (Phi) is 4.19. The van der Waals surface area contributed by atoms with Crippen molar-refractivity contribution in [3.8, 4) is 5.75 Å². The second kappa shape index (κ2) is 5.47. The zero-order valence-corrected chi connectivity index (χ0v) is 14.3. The summed E-state index contributed by atoms with van der Waals surface area (Å²) in [5.41, 5.74) is 4.56. The van der Waals surface area contributed by atoms with E-state index in [1.807, 2.05) is 6.92 Å². The number of aldehydes is 1. The molecule has 116 valence electrons. The van der Waals surface area contributed by atoms with Gasteiger partial charge in [-0.25, -0.2) is 0 Å². The molecule has 21 heavy (non-hydrogen) atoms. The van der Waals surface area contributed by atoms with Gasteiger partial charge in [0.2, 0.25) is 0 Å². The minimum atomic E-state index is 0.0549. The highest BCUT2D eigenvalue weighted by molar-refractivity contribution is 5.84. The molecule has 1 aromatic carbocycles. The van der Waals surface area contributed by atoms with Crippen molar-refractivity contribution >= 4 is 6.29 Å². The molecule has 0 saturated heterocycles. The number of carbonyl (C=O) groups excluding carboxylic acids is 1. The smallest absolute Gasteiger partial charge is 0.154 e. The van der Waals surface area contributed by atoms with Gasteiger partial charge in [0, 0.05) is 5.56 Å². The first kappa shape index (κ1) is 16.1. The standard InChI is InChI=1S/C19H28O2/c1-7-10-21-17-14(12-20)13(2)11-15-16(17)19(5,6)9-8-18(15,3)4/h11-12H,7-10H2,1-6H3. The number of rotatable bonds is 4. The number of benzene rings is 1. The van der Waals surface area contributed by atoms with E-state index in [2.05, 4.69) is 40.7 Å². The molecule has 0 fully saturated rings. The summed E-state index contributed by atoms with van der Waals surface area (Å²) in [7, 11) is 0. The van der Waals surface area contributed by atoms with Crippen LogP contribution in [0.1, 0.15) is 80.9 Å². The van der Waals surface area contributed by atoms with Gasteiger partial charge in [0.1, 0.15) is 5.75 Å². The van der Waals surface area contributed by atoms with Gasteiger partial charge in [-0.2, -0.15) is 0 Å². The minimum absolute atomic E-state index is 0.0549. The van der Waals surface area contributed by atoms with Gasteiger partial charge < -0.3 is 4.74 Å². The van der Waals surface area contributed by atoms with E-state index in [0.717, 1.165) is 36.0 Å². The van der Waals surface area contributed by atoms with Crippen LogP contribution in [0, 0.1) is 6.92 Å². The van der Waals surface area contributed by atoms with Gasteiger partial charge in [0.05, 0.1) is 12.2 Å². The summed E-state index contributed by atoms with van der Waals surface area (Å²) in [6.45, 7) is 13.9. The number of aryl methyl sites for hydroxylation is 1. The molecule has 0 saturated carbocycles. The predicted molar refractivity (Wildman–Crippen MR) is 87.6 cm³/mol. The quantitative estimate of drug-likeness (QED) is 0.733. The average Bonchev–Trinajstić information content (AvgIpc) is 2.41. The first-order chi connectivity index (χ1) is 9.74. The number of fused-ring (bicyclic) bond motifs is 1. The van der Waals surface area contributed by atoms with Crippen LogP contribution in [-0.2, 0) is 10.8 Å². The van der Waals surface area contributed by atoms with Gasteiger partial charge in [-0.15, -0.1) is 0 Å². The SMILES string of the molecule is CCCOc1c(C=O)c(C)cc2c1C(C)(C)CCC2(C)C. The zero-order chi connectivity index (χ0) is 15.8. The highest BCUT2D eigenvalue weighted by Gasteiger charge is 2.40. The largest absolute Gasteiger partial charge is 0.493 e. The summed E-state index contributed by atoms with van der Waals surface area (Å²) in [5, 5.41) is 0. The fraction of sp³-hybridized carbons (Fsp3) is 0.632. The van der Waals surface area contributed by atoms with Crippen molar-refractivity contribution in [1.82, 2.24) is 0 Å². The maximum Gasteiger partial charge on any atom is 0.154 e. The van der Waals surface area contributed by atoms with Crippen LogP contribution in [0.5, 0.6) is 5.75 Å². The normalized spacial score (nSPS) is 19.0. The minimum Gasteiger partial charge on any atom is -0.493 e. The van der Waals surface area contributed by atoms with Crippen LogP contribution in [-0.4, -0.2) is 12.9 Å². The van der Waals surface area contributed by atoms with Gasteiger partial charge in [0.25, 0.3) is 0 Å². The Morgan fingerprint density at radius 3 is 2.38 bits per heavy atom. The van der Waals surface area contributed by atoms with Crippen molar-refractivity contribution in [2.24, 2.45) is 0 Å². The summed E-state index contributed by atoms with van der Waals surface area (Å²) < 4.78 is 6.05. The van der Waals surface area contributed by atoms with Gasteiger partial charge in [-0.05, 0) is 48.1 Å². The second-order valence-electron chi connectivity index (χ2n) is 7.59. The Morgan fingerprint density at radius 2 is 1.81 bits per heavy atom. The van der Waals surface area contributed by atoms with Crippen molar-refractivity contribution < 1.29 is 9.53 Å². The molecule has 0 amide bonds. The Bertz CT molecular complexity index is 553. The Balaban J connectivity index is 2.77. The summed E-state index contributed by atoms with van der Waals surface area (Å²) in [6.07, 6.45) is 4.19. The van der Waals surface area contributed by atoms with Crippen LogP contribution in [0.15, 0.2) is 6.07 Å². The molecule has 0 atom stereocenters. The highest BCUT2D eigenvalue weighted by Crippen LogP contribution is 2.50. The third-order valence-corrected chi connectivity index (χ3v) is 4.88. The molecule has 1 aliphatic rings. The van der Waals surface area contributed by atoms with E-state index < -0.39 is 0 Å². The van der Waals surface area contributed by atoms with E-state index >= 15 is 0 Å². The molecule has 2 nitrogen and oxygen atoms in total. The number of carbonyl (C=O) groups is 1. The lowest BCUT2D eigenvalue weighted by Crippen LogP contribution is -2.35. The topological polar surface area (TPSA) is 26.3 Å². The third-order valence-electron chi connectivity index (χ3n) is 4.88. The zero-order valence-electron chi connectivity index (χ0n) is 14.3. The van der Waals surface area contributed by atoms with Gasteiger partial charge in [0.15, 0.2) is 6.29 Å². The Hall–Kier alpha value is -1.31. The van der Waals surface area contributed by atoms with Crippen molar-refractivity contribution in [3.63, 3.8) is 0 Å². The van der Waals surface area contributed by atoms with Crippen molar-refractivity contribution in [3.05, 3.63) is 28.3 Å². The van der Waals surface area contributed by atoms with Crippen LogP contribution in [0.4, 0.5) is 0 Å². The molecule has 0 N–H and O–H groups in total. The molecule has 0 spiro atoms. The molecule has 0 unspecified atom stereocenters. The predicted octanol–water partition coefficient (Wildman–Crippen LogP) is 4.95. The maximum absolute atomic E-state index is 11.6. The maximum atomic E-state index is 11.6. The molecule has 0 heterocycles. The molecule has 0 bridgehead atoms. The summed E-state index contributed by atoms with van der Waals surface area (Å²) in [4.78, 5) is 11.6. The average molecular weight is 288 g/mol. The van der Waals surface area contributed by atoms with E-state index in [9.17, 15) is 4.79 Å². The lowest BCUT2D eigenvalue weighted by atomic mass is 9.62. The molecule has 1 aromatic rings. The van der Waals surface area contributed by atoms with Crippen LogP contribution < -0.4 is 4.74 Å². The molecule has 2 heteroatoms. The summed E-state index contributed by atoms with van der Waals surface area (Å²) >= 11 is 0. The first-order valence-corrected chi connectivity index (χ1v) is 8.01. The lowest BCUT2D eigenvalue weighted by Gasteiger charge is -2.43. The van der Waals surface area contributed by atoms with E-state index in [-0.39, 0.29) is 10.8 Å². The van der Waals surface area contributed by atoms with Crippen molar-refractivity contribution in [2.45, 2.75) is 71.6 Å². The van der Waals surface area contributed by atoms with Crippen LogP contribution in [0.25, 0.3) is 0 Å². The molecule has 1 aliphatic carbocycles. The fourth-order valence-corrected chi connectivity index (χ4v) is 3.39. The second-order valence-corrected chi connectivity index (χ2v) is 7.59. The third kappa shape index (κ3) is 2.73. The number of hydrogen-bond donors (Lipinski definition) is 0. The lowest BCUT2D eigenvalue weighted by molar-refractivity contribution is 0.111.